The molecule has 0 aliphatic carbocycles. The SMILES string of the molecule is CS(=O)(=O)[C@@H]1CCN(S(=O)(=O)c2ccc(C(F)(F)F)cc2)C1. The molecule has 0 bridgehead atoms. The highest BCUT2D eigenvalue weighted by Crippen LogP contribution is 2.31. The van der Waals surface area contributed by atoms with Crippen molar-refractivity contribution in [2.24, 2.45) is 0 Å². The molecule has 0 spiro atoms. The molecule has 2 rings (SSSR count). The number of alkyl halides is 3. The fourth-order valence-electron chi connectivity index (χ4n) is 2.23. The second-order valence-electron chi connectivity index (χ2n) is 5.13. The van der Waals surface area contributed by atoms with Gasteiger partial charge in [-0.15, -0.1) is 0 Å². The van der Waals surface area contributed by atoms with Crippen molar-refractivity contribution in [3.63, 3.8) is 0 Å². The van der Waals surface area contributed by atoms with Crippen LogP contribution < -0.4 is 0 Å². The summed E-state index contributed by atoms with van der Waals surface area (Å²) >= 11 is 0. The van der Waals surface area contributed by atoms with E-state index in [1.807, 2.05) is 0 Å². The van der Waals surface area contributed by atoms with E-state index in [1.54, 1.807) is 0 Å². The normalized spacial score (nSPS) is 21.2. The Hall–Kier alpha value is -1.13. The predicted molar refractivity (Wildman–Crippen MR) is 73.5 cm³/mol. The first-order chi connectivity index (χ1) is 9.92. The molecule has 0 saturated carbocycles. The van der Waals surface area contributed by atoms with Gasteiger partial charge in [0.1, 0.15) is 0 Å². The van der Waals surface area contributed by atoms with Gasteiger partial charge in [0.05, 0.1) is 15.7 Å². The van der Waals surface area contributed by atoms with Gasteiger partial charge in [-0.25, -0.2) is 16.8 Å². The fourth-order valence-corrected chi connectivity index (χ4v) is 4.81. The first kappa shape index (κ1) is 17.2. The zero-order valence-electron chi connectivity index (χ0n) is 11.5. The topological polar surface area (TPSA) is 71.5 Å². The van der Waals surface area contributed by atoms with Gasteiger partial charge >= 0.3 is 6.18 Å². The van der Waals surface area contributed by atoms with Gasteiger partial charge in [-0.05, 0) is 30.7 Å². The van der Waals surface area contributed by atoms with Crippen molar-refractivity contribution in [3.05, 3.63) is 29.8 Å². The lowest BCUT2D eigenvalue weighted by Gasteiger charge is -2.16. The molecule has 1 atom stereocenters. The maximum Gasteiger partial charge on any atom is 0.416 e. The number of hydrogen-bond donors (Lipinski definition) is 0. The Kier molecular flexibility index (Phi) is 4.31. The molecule has 1 heterocycles. The van der Waals surface area contributed by atoms with E-state index < -0.39 is 36.9 Å². The summed E-state index contributed by atoms with van der Waals surface area (Å²) in [6.45, 7) is -0.150. The van der Waals surface area contributed by atoms with E-state index in [-0.39, 0.29) is 24.4 Å². The van der Waals surface area contributed by atoms with E-state index in [1.165, 1.54) is 0 Å². The van der Waals surface area contributed by atoms with Crippen molar-refractivity contribution >= 4 is 19.9 Å². The van der Waals surface area contributed by atoms with Crippen molar-refractivity contribution in [2.75, 3.05) is 19.3 Å². The van der Waals surface area contributed by atoms with E-state index in [4.69, 9.17) is 0 Å². The minimum absolute atomic E-state index is 0.0289. The third-order valence-electron chi connectivity index (χ3n) is 3.53. The predicted octanol–water partition coefficient (Wildman–Crippen LogP) is 1.51. The first-order valence-corrected chi connectivity index (χ1v) is 9.68. The van der Waals surface area contributed by atoms with E-state index in [0.29, 0.717) is 12.1 Å². The van der Waals surface area contributed by atoms with Crippen LogP contribution in [0, 0.1) is 0 Å². The summed E-state index contributed by atoms with van der Waals surface area (Å²) in [6.07, 6.45) is -3.33. The number of sulfonamides is 1. The molecule has 1 aliphatic heterocycles. The molecule has 0 radical (unpaired) electrons. The third kappa shape index (κ3) is 3.44. The average Bonchev–Trinajstić information content (AvgIpc) is 2.88. The summed E-state index contributed by atoms with van der Waals surface area (Å²) in [5.74, 6) is 0. The van der Waals surface area contributed by atoms with Crippen LogP contribution in [-0.4, -0.2) is 45.7 Å². The molecule has 1 aliphatic rings. The quantitative estimate of drug-likeness (QED) is 0.822. The van der Waals surface area contributed by atoms with Crippen LogP contribution in [0.15, 0.2) is 29.2 Å². The maximum atomic E-state index is 12.5. The minimum Gasteiger partial charge on any atom is -0.229 e. The third-order valence-corrected chi connectivity index (χ3v) is 7.01. The lowest BCUT2D eigenvalue weighted by atomic mass is 10.2. The van der Waals surface area contributed by atoms with Crippen molar-refractivity contribution < 1.29 is 30.0 Å². The lowest BCUT2D eigenvalue weighted by molar-refractivity contribution is -0.137. The van der Waals surface area contributed by atoms with Crippen molar-refractivity contribution in [3.8, 4) is 0 Å². The lowest BCUT2D eigenvalue weighted by Crippen LogP contribution is -2.31. The molecule has 22 heavy (non-hydrogen) atoms. The second kappa shape index (κ2) is 5.50. The summed E-state index contributed by atoms with van der Waals surface area (Å²) in [5, 5.41) is -0.781. The van der Waals surface area contributed by atoms with Crippen LogP contribution in [-0.2, 0) is 26.0 Å². The summed E-state index contributed by atoms with van der Waals surface area (Å²) < 4.78 is 85.9. The highest BCUT2D eigenvalue weighted by molar-refractivity contribution is 7.91. The number of rotatable bonds is 3. The molecule has 1 aromatic carbocycles. The van der Waals surface area contributed by atoms with Crippen LogP contribution in [0.1, 0.15) is 12.0 Å². The Labute approximate surface area is 126 Å². The van der Waals surface area contributed by atoms with Crippen molar-refractivity contribution in [2.45, 2.75) is 22.7 Å². The number of nitrogens with zero attached hydrogens (tertiary/aromatic N) is 1. The minimum atomic E-state index is -4.54. The van der Waals surface area contributed by atoms with Gasteiger partial charge in [0.15, 0.2) is 9.84 Å². The van der Waals surface area contributed by atoms with Crippen LogP contribution in [0.3, 0.4) is 0 Å². The van der Waals surface area contributed by atoms with Gasteiger partial charge in [0.25, 0.3) is 0 Å². The molecule has 10 heteroatoms. The van der Waals surface area contributed by atoms with Crippen molar-refractivity contribution in [1.82, 2.24) is 4.31 Å². The molecule has 5 nitrogen and oxygen atoms in total. The average molecular weight is 357 g/mol. The number of benzene rings is 1. The van der Waals surface area contributed by atoms with Gasteiger partial charge in [-0.1, -0.05) is 0 Å². The van der Waals surface area contributed by atoms with Crippen LogP contribution in [0.25, 0.3) is 0 Å². The molecular formula is C12H14F3NO4S2. The fraction of sp³-hybridized carbons (Fsp3) is 0.500. The number of sulfone groups is 1. The van der Waals surface area contributed by atoms with E-state index in [0.717, 1.165) is 22.7 Å². The van der Waals surface area contributed by atoms with Crippen LogP contribution in [0.4, 0.5) is 13.2 Å². The van der Waals surface area contributed by atoms with E-state index in [2.05, 4.69) is 0 Å². The summed E-state index contributed by atoms with van der Waals surface area (Å²) in [6, 6.07) is 3.14. The highest BCUT2D eigenvalue weighted by Gasteiger charge is 2.37. The van der Waals surface area contributed by atoms with Crippen molar-refractivity contribution in [1.29, 1.82) is 0 Å². The Bertz CT molecular complexity index is 755. The number of hydrogen-bond acceptors (Lipinski definition) is 4. The molecule has 0 aromatic heterocycles. The zero-order valence-corrected chi connectivity index (χ0v) is 13.2. The Morgan fingerprint density at radius 2 is 1.64 bits per heavy atom. The smallest absolute Gasteiger partial charge is 0.229 e. The largest absolute Gasteiger partial charge is 0.416 e. The number of halogens is 3. The summed E-state index contributed by atoms with van der Waals surface area (Å²) in [7, 11) is -7.35. The molecule has 1 saturated heterocycles. The Morgan fingerprint density at radius 1 is 1.09 bits per heavy atom. The molecule has 0 unspecified atom stereocenters. The van der Waals surface area contributed by atoms with Gasteiger partial charge in [0.2, 0.25) is 10.0 Å². The molecule has 1 aromatic rings. The van der Waals surface area contributed by atoms with Crippen LogP contribution >= 0.6 is 0 Å². The highest BCUT2D eigenvalue weighted by atomic mass is 32.2. The van der Waals surface area contributed by atoms with E-state index in [9.17, 15) is 30.0 Å². The van der Waals surface area contributed by atoms with E-state index >= 15 is 0 Å². The van der Waals surface area contributed by atoms with Crippen LogP contribution in [0.5, 0.6) is 0 Å². The molecule has 1 fully saturated rings. The van der Waals surface area contributed by atoms with Gasteiger partial charge in [0, 0.05) is 19.3 Å². The molecule has 0 N–H and O–H groups in total. The zero-order chi connectivity index (χ0) is 16.8. The molecule has 124 valence electrons. The first-order valence-electron chi connectivity index (χ1n) is 6.28. The summed E-state index contributed by atoms with van der Waals surface area (Å²) in [4.78, 5) is -0.283. The maximum absolute atomic E-state index is 12.5. The molecule has 0 amide bonds. The standard InChI is InChI=1S/C12H14F3NO4S2/c1-21(17,18)11-6-7-16(8-11)22(19,20)10-4-2-9(3-5-10)12(13,14)15/h2-5,11H,6-8H2,1H3/t11-/m1/s1. The monoisotopic (exact) mass is 357 g/mol. The Morgan fingerprint density at radius 3 is 2.05 bits per heavy atom. The van der Waals surface area contributed by atoms with Gasteiger partial charge in [-0.3, -0.25) is 0 Å². The molecular weight excluding hydrogens is 343 g/mol. The van der Waals surface area contributed by atoms with Crippen LogP contribution in [0.2, 0.25) is 0 Å². The second-order valence-corrected chi connectivity index (χ2v) is 9.39. The van der Waals surface area contributed by atoms with Gasteiger partial charge < -0.3 is 0 Å². The Balaban J connectivity index is 2.25. The van der Waals surface area contributed by atoms with Gasteiger partial charge in [-0.2, -0.15) is 17.5 Å². The summed E-state index contributed by atoms with van der Waals surface area (Å²) in [5.41, 5.74) is -0.943.